The molecule has 0 bridgehead atoms. The SMILES string of the molecule is CNCCN(CC=O)[C@@H](C)Cn1c(C#N)cc2c(C)c(CN3CCC(Nc4nc(NC)nc5sc(CC(F)(F)F)cc45)CC3)ccc21. The summed E-state index contributed by atoms with van der Waals surface area (Å²) in [6, 6.07) is 10.3. The van der Waals surface area contributed by atoms with E-state index in [2.05, 4.69) is 72.3 Å². The van der Waals surface area contributed by atoms with E-state index in [1.54, 1.807) is 13.1 Å². The van der Waals surface area contributed by atoms with Gasteiger partial charge in [0.25, 0.3) is 0 Å². The summed E-state index contributed by atoms with van der Waals surface area (Å²) >= 11 is 1.05. The van der Waals surface area contributed by atoms with Crippen LogP contribution in [0.4, 0.5) is 24.9 Å². The summed E-state index contributed by atoms with van der Waals surface area (Å²) in [5.74, 6) is 0.936. The van der Waals surface area contributed by atoms with Gasteiger partial charge in [-0.15, -0.1) is 11.3 Å². The lowest BCUT2D eigenvalue weighted by Gasteiger charge is -2.33. The zero-order valence-electron chi connectivity index (χ0n) is 27.2. The number of thiophene rings is 1. The number of aryl methyl sites for hydroxylation is 1. The average Bonchev–Trinajstić information content (AvgIpc) is 3.61. The molecule has 0 amide bonds. The van der Waals surface area contributed by atoms with Crippen LogP contribution in [-0.4, -0.2) is 95.7 Å². The maximum Gasteiger partial charge on any atom is 0.393 e. The summed E-state index contributed by atoms with van der Waals surface area (Å²) in [4.78, 5) is 25.5. The number of alkyl halides is 3. The second kappa shape index (κ2) is 15.0. The molecule has 3 aromatic heterocycles. The first-order valence-electron chi connectivity index (χ1n) is 15.9. The Balaban J connectivity index is 1.26. The van der Waals surface area contributed by atoms with Crippen molar-refractivity contribution < 1.29 is 18.0 Å². The van der Waals surface area contributed by atoms with Crippen molar-refractivity contribution >= 4 is 50.5 Å². The van der Waals surface area contributed by atoms with Gasteiger partial charge in [0.1, 0.15) is 28.7 Å². The van der Waals surface area contributed by atoms with Crippen LogP contribution in [0.25, 0.3) is 21.1 Å². The van der Waals surface area contributed by atoms with Crippen LogP contribution in [-0.2, 0) is 24.3 Å². The van der Waals surface area contributed by atoms with Crippen LogP contribution in [0.2, 0.25) is 0 Å². The molecule has 252 valence electrons. The van der Waals surface area contributed by atoms with E-state index in [0.717, 1.165) is 79.7 Å². The maximum atomic E-state index is 13.1. The molecule has 4 heterocycles. The van der Waals surface area contributed by atoms with Crippen molar-refractivity contribution in [3.8, 4) is 6.07 Å². The van der Waals surface area contributed by atoms with Crippen molar-refractivity contribution in [2.75, 3.05) is 57.5 Å². The highest BCUT2D eigenvalue weighted by Gasteiger charge is 2.30. The molecule has 1 atom stereocenters. The van der Waals surface area contributed by atoms with E-state index >= 15 is 0 Å². The number of hydrogen-bond acceptors (Lipinski definition) is 10. The Labute approximate surface area is 276 Å². The number of fused-ring (bicyclic) bond motifs is 2. The van der Waals surface area contributed by atoms with Gasteiger partial charge in [-0.05, 0) is 63.1 Å². The Kier molecular flexibility index (Phi) is 11.0. The molecule has 4 aromatic rings. The number of likely N-dealkylation sites (tertiary alicyclic amines) is 1. The second-order valence-electron chi connectivity index (χ2n) is 12.2. The van der Waals surface area contributed by atoms with E-state index in [-0.39, 0.29) is 17.0 Å². The van der Waals surface area contributed by atoms with Crippen molar-refractivity contribution in [2.45, 2.75) is 64.5 Å². The first-order chi connectivity index (χ1) is 22.5. The summed E-state index contributed by atoms with van der Waals surface area (Å²) in [6.07, 6.45) is -2.62. The van der Waals surface area contributed by atoms with E-state index < -0.39 is 12.6 Å². The highest BCUT2D eigenvalue weighted by atomic mass is 32.1. The van der Waals surface area contributed by atoms with Gasteiger partial charge in [0.05, 0.1) is 18.4 Å². The molecular formula is C33H42F3N9OS. The van der Waals surface area contributed by atoms with Gasteiger partial charge in [-0.3, -0.25) is 9.80 Å². The van der Waals surface area contributed by atoms with Crippen molar-refractivity contribution in [2.24, 2.45) is 0 Å². The fourth-order valence-corrected chi connectivity index (χ4v) is 7.41. The lowest BCUT2D eigenvalue weighted by molar-refractivity contribution is -0.126. The van der Waals surface area contributed by atoms with Crippen LogP contribution >= 0.6 is 11.3 Å². The van der Waals surface area contributed by atoms with Crippen molar-refractivity contribution in [3.05, 3.63) is 46.0 Å². The number of nitrogens with zero attached hydrogens (tertiary/aromatic N) is 6. The molecule has 10 nitrogen and oxygen atoms in total. The highest BCUT2D eigenvalue weighted by molar-refractivity contribution is 7.18. The third-order valence-electron chi connectivity index (χ3n) is 8.97. The lowest BCUT2D eigenvalue weighted by atomic mass is 10.0. The fraction of sp³-hybridized carbons (Fsp3) is 0.515. The second-order valence-corrected chi connectivity index (χ2v) is 13.3. The number of anilines is 2. The van der Waals surface area contributed by atoms with Gasteiger partial charge in [0.2, 0.25) is 5.95 Å². The maximum absolute atomic E-state index is 13.1. The normalized spacial score (nSPS) is 15.4. The van der Waals surface area contributed by atoms with Crippen LogP contribution in [0.1, 0.15) is 41.5 Å². The third-order valence-corrected chi connectivity index (χ3v) is 10.0. The molecule has 5 rings (SSSR count). The molecule has 1 saturated heterocycles. The molecule has 1 aromatic carbocycles. The Bertz CT molecular complexity index is 1740. The van der Waals surface area contributed by atoms with Gasteiger partial charge in [-0.2, -0.15) is 23.4 Å². The zero-order valence-corrected chi connectivity index (χ0v) is 28.1. The minimum atomic E-state index is -4.28. The number of aldehydes is 1. The van der Waals surface area contributed by atoms with Gasteiger partial charge in [0.15, 0.2) is 0 Å². The number of nitrogens with one attached hydrogen (secondary N) is 3. The number of rotatable bonds is 14. The molecule has 14 heteroatoms. The van der Waals surface area contributed by atoms with E-state index in [4.69, 9.17) is 0 Å². The van der Waals surface area contributed by atoms with Crippen LogP contribution in [0.5, 0.6) is 0 Å². The molecule has 0 spiro atoms. The van der Waals surface area contributed by atoms with Gasteiger partial charge in [-0.1, -0.05) is 6.07 Å². The number of likely N-dealkylation sites (N-methyl/N-ethyl adjacent to an activating group) is 1. The molecular weight excluding hydrogens is 627 g/mol. The number of carbonyl (C=O) groups is 1. The molecule has 47 heavy (non-hydrogen) atoms. The molecule has 1 aliphatic heterocycles. The molecule has 1 aliphatic rings. The lowest BCUT2D eigenvalue weighted by Crippen LogP contribution is -2.41. The third kappa shape index (κ3) is 8.21. The molecule has 0 aliphatic carbocycles. The Morgan fingerprint density at radius 1 is 1.19 bits per heavy atom. The quantitative estimate of drug-likeness (QED) is 0.157. The van der Waals surface area contributed by atoms with Crippen LogP contribution < -0.4 is 16.0 Å². The fourth-order valence-electron chi connectivity index (χ4n) is 6.35. The Morgan fingerprint density at radius 3 is 2.62 bits per heavy atom. The van der Waals surface area contributed by atoms with E-state index in [1.165, 1.54) is 5.56 Å². The number of benzene rings is 1. The predicted molar refractivity (Wildman–Crippen MR) is 181 cm³/mol. The molecule has 0 unspecified atom stereocenters. The zero-order chi connectivity index (χ0) is 33.7. The number of halogens is 3. The highest BCUT2D eigenvalue weighted by Crippen LogP contribution is 2.35. The summed E-state index contributed by atoms with van der Waals surface area (Å²) in [6.45, 7) is 9.15. The number of nitriles is 1. The topological polar surface area (TPSA) is 114 Å². The van der Waals surface area contributed by atoms with Crippen molar-refractivity contribution in [3.63, 3.8) is 0 Å². The van der Waals surface area contributed by atoms with Gasteiger partial charge >= 0.3 is 6.18 Å². The largest absolute Gasteiger partial charge is 0.393 e. The van der Waals surface area contributed by atoms with Crippen LogP contribution in [0.15, 0.2) is 24.3 Å². The van der Waals surface area contributed by atoms with E-state index in [0.29, 0.717) is 40.8 Å². The van der Waals surface area contributed by atoms with Crippen molar-refractivity contribution in [1.82, 2.24) is 29.7 Å². The van der Waals surface area contributed by atoms with Crippen LogP contribution in [0, 0.1) is 18.3 Å². The number of aromatic nitrogens is 3. The first kappa shape index (κ1) is 34.6. The summed E-state index contributed by atoms with van der Waals surface area (Å²) < 4.78 is 41.2. The predicted octanol–water partition coefficient (Wildman–Crippen LogP) is 5.16. The molecule has 1 fully saturated rings. The van der Waals surface area contributed by atoms with Gasteiger partial charge in [0, 0.05) is 74.2 Å². The molecule has 0 radical (unpaired) electrons. The number of hydrogen-bond donors (Lipinski definition) is 3. The molecule has 3 N–H and O–H groups in total. The van der Waals surface area contributed by atoms with Gasteiger partial charge in [-0.25, -0.2) is 4.98 Å². The van der Waals surface area contributed by atoms with Gasteiger partial charge < -0.3 is 25.3 Å². The number of piperidine rings is 1. The molecule has 0 saturated carbocycles. The average molecular weight is 670 g/mol. The minimum absolute atomic E-state index is 0.0658. The smallest absolute Gasteiger partial charge is 0.367 e. The standard InChI is InChI=1S/C33H42F3N9OS/c1-21(44(13-14-46)12-9-38-3)19-45-25(18-37)15-27-22(2)23(5-6-29(27)45)20-43-10-7-24(8-11-43)40-30-28-16-26(17-33(34,35)36)47-31(28)42-32(39-4)41-30/h5-6,14-16,21,24,38H,7-13,17,19-20H2,1-4H3,(H2,39,40,41,42)/t21-/m0/s1. The number of carbonyl (C=O) groups excluding carboxylic acids is 1. The Hall–Kier alpha value is -3.77. The Morgan fingerprint density at radius 2 is 1.96 bits per heavy atom. The van der Waals surface area contributed by atoms with Crippen LogP contribution in [0.3, 0.4) is 0 Å². The summed E-state index contributed by atoms with van der Waals surface area (Å²) in [7, 11) is 3.58. The summed E-state index contributed by atoms with van der Waals surface area (Å²) in [5.41, 5.74) is 3.98. The summed E-state index contributed by atoms with van der Waals surface area (Å²) in [5, 5.41) is 21.2. The monoisotopic (exact) mass is 669 g/mol. The van der Waals surface area contributed by atoms with E-state index in [9.17, 15) is 23.2 Å². The minimum Gasteiger partial charge on any atom is -0.367 e. The van der Waals surface area contributed by atoms with E-state index in [1.807, 2.05) is 13.1 Å². The van der Waals surface area contributed by atoms with Crippen molar-refractivity contribution in [1.29, 1.82) is 5.26 Å². The first-order valence-corrected chi connectivity index (χ1v) is 16.7.